The number of nitrogens with zero attached hydrogens (tertiary/aromatic N) is 2. The Morgan fingerprint density at radius 1 is 1.11 bits per heavy atom. The van der Waals surface area contributed by atoms with E-state index in [-0.39, 0.29) is 6.10 Å². The zero-order chi connectivity index (χ0) is 13.0. The largest absolute Gasteiger partial charge is 0.391 e. The second-order valence-corrected chi connectivity index (χ2v) is 6.05. The Bertz CT molecular complexity index is 243. The normalized spacial score (nSPS) is 34.3. The maximum absolute atomic E-state index is 10.1. The molecule has 0 radical (unpaired) electrons. The Kier molecular flexibility index (Phi) is 5.46. The predicted octanol–water partition coefficient (Wildman–Crippen LogP) is 1.95. The molecule has 0 bridgehead atoms. The van der Waals surface area contributed by atoms with Crippen molar-refractivity contribution in [3.63, 3.8) is 0 Å². The van der Waals surface area contributed by atoms with E-state index in [4.69, 9.17) is 0 Å². The maximum atomic E-state index is 10.1. The third-order valence-electron chi connectivity index (χ3n) is 4.89. The molecule has 1 heterocycles. The van der Waals surface area contributed by atoms with Crippen LogP contribution in [0, 0.1) is 5.92 Å². The van der Waals surface area contributed by atoms with E-state index in [1.165, 1.54) is 58.4 Å². The zero-order valence-electron chi connectivity index (χ0n) is 12.1. The summed E-state index contributed by atoms with van der Waals surface area (Å²) in [6.45, 7) is 10.5. The van der Waals surface area contributed by atoms with Crippen molar-refractivity contribution < 1.29 is 5.11 Å². The average Bonchev–Trinajstić information content (AvgIpc) is 2.85. The summed E-state index contributed by atoms with van der Waals surface area (Å²) in [6, 6.07) is 0.459. The molecule has 2 aliphatic rings. The van der Waals surface area contributed by atoms with Crippen LogP contribution in [0.2, 0.25) is 0 Å². The van der Waals surface area contributed by atoms with Gasteiger partial charge in [0.2, 0.25) is 0 Å². The van der Waals surface area contributed by atoms with E-state index in [1.54, 1.807) is 0 Å². The van der Waals surface area contributed by atoms with Gasteiger partial charge in [0.25, 0.3) is 0 Å². The molecule has 106 valence electrons. The lowest BCUT2D eigenvalue weighted by Crippen LogP contribution is -2.44. The van der Waals surface area contributed by atoms with Crippen LogP contribution >= 0.6 is 0 Å². The van der Waals surface area contributed by atoms with Gasteiger partial charge >= 0.3 is 0 Å². The minimum absolute atomic E-state index is 0.0639. The van der Waals surface area contributed by atoms with Gasteiger partial charge in [-0.25, -0.2) is 0 Å². The predicted molar refractivity (Wildman–Crippen MR) is 75.7 cm³/mol. The lowest BCUT2D eigenvalue weighted by molar-refractivity contribution is 0.0287. The quantitative estimate of drug-likeness (QED) is 0.812. The molecule has 0 aromatic heterocycles. The minimum Gasteiger partial charge on any atom is -0.391 e. The van der Waals surface area contributed by atoms with Gasteiger partial charge in [-0.05, 0) is 44.8 Å². The Hall–Kier alpha value is -0.120. The van der Waals surface area contributed by atoms with Gasteiger partial charge in [-0.15, -0.1) is 0 Å². The fourth-order valence-electron chi connectivity index (χ4n) is 3.68. The Morgan fingerprint density at radius 3 is 2.50 bits per heavy atom. The van der Waals surface area contributed by atoms with Gasteiger partial charge in [-0.3, -0.25) is 4.90 Å². The molecule has 0 amide bonds. The molecule has 2 rings (SSSR count). The molecule has 0 spiro atoms. The topological polar surface area (TPSA) is 26.7 Å². The second-order valence-electron chi connectivity index (χ2n) is 6.05. The van der Waals surface area contributed by atoms with E-state index in [0.717, 1.165) is 12.3 Å². The summed E-state index contributed by atoms with van der Waals surface area (Å²) >= 11 is 0. The first kappa shape index (κ1) is 14.3. The standard InChI is InChI=1S/C15H30N2O/c1-3-16(4-2)11-13-9-10-17(12-13)14-7-5-6-8-15(14)18/h13-15,18H,3-12H2,1-2H3. The third-order valence-corrected chi connectivity index (χ3v) is 4.89. The van der Waals surface area contributed by atoms with Gasteiger partial charge in [-0.1, -0.05) is 26.7 Å². The highest BCUT2D eigenvalue weighted by Gasteiger charge is 2.33. The minimum atomic E-state index is -0.0639. The van der Waals surface area contributed by atoms with Crippen LogP contribution in [-0.2, 0) is 0 Å². The number of aliphatic hydroxyl groups excluding tert-OH is 1. The van der Waals surface area contributed by atoms with Gasteiger partial charge in [0.15, 0.2) is 0 Å². The first-order chi connectivity index (χ1) is 8.74. The molecule has 3 nitrogen and oxygen atoms in total. The smallest absolute Gasteiger partial charge is 0.0695 e. The Labute approximate surface area is 112 Å². The van der Waals surface area contributed by atoms with E-state index < -0.39 is 0 Å². The van der Waals surface area contributed by atoms with Crippen molar-refractivity contribution in [3.05, 3.63) is 0 Å². The van der Waals surface area contributed by atoms with Gasteiger partial charge in [-0.2, -0.15) is 0 Å². The van der Waals surface area contributed by atoms with E-state index in [9.17, 15) is 5.11 Å². The van der Waals surface area contributed by atoms with Gasteiger partial charge in [0.1, 0.15) is 0 Å². The molecule has 0 aromatic carbocycles. The number of hydrogen-bond acceptors (Lipinski definition) is 3. The lowest BCUT2D eigenvalue weighted by atomic mass is 9.91. The van der Waals surface area contributed by atoms with Crippen LogP contribution in [0.3, 0.4) is 0 Å². The second kappa shape index (κ2) is 6.88. The maximum Gasteiger partial charge on any atom is 0.0695 e. The molecule has 1 N–H and O–H groups in total. The lowest BCUT2D eigenvalue weighted by Gasteiger charge is -2.35. The van der Waals surface area contributed by atoms with Crippen LogP contribution in [-0.4, -0.2) is 59.8 Å². The van der Waals surface area contributed by atoms with Crippen LogP contribution in [0.4, 0.5) is 0 Å². The zero-order valence-corrected chi connectivity index (χ0v) is 12.1. The summed E-state index contributed by atoms with van der Waals surface area (Å²) in [5.74, 6) is 0.819. The van der Waals surface area contributed by atoms with Crippen LogP contribution in [0.15, 0.2) is 0 Å². The first-order valence-electron chi connectivity index (χ1n) is 7.89. The summed E-state index contributed by atoms with van der Waals surface area (Å²) < 4.78 is 0. The molecule has 18 heavy (non-hydrogen) atoms. The summed E-state index contributed by atoms with van der Waals surface area (Å²) in [6.07, 6.45) is 6.00. The molecule has 1 aliphatic heterocycles. The Morgan fingerprint density at radius 2 is 1.83 bits per heavy atom. The van der Waals surface area contributed by atoms with Gasteiger partial charge in [0, 0.05) is 19.1 Å². The molecule has 3 unspecified atom stereocenters. The van der Waals surface area contributed by atoms with Gasteiger partial charge < -0.3 is 10.0 Å². The number of rotatable bonds is 5. The molecular formula is C15H30N2O. The van der Waals surface area contributed by atoms with Crippen molar-refractivity contribution >= 4 is 0 Å². The van der Waals surface area contributed by atoms with Crippen molar-refractivity contribution in [2.45, 2.75) is 58.1 Å². The Balaban J connectivity index is 1.80. The van der Waals surface area contributed by atoms with Crippen molar-refractivity contribution in [1.29, 1.82) is 0 Å². The van der Waals surface area contributed by atoms with Crippen molar-refractivity contribution in [1.82, 2.24) is 9.80 Å². The molecule has 1 saturated carbocycles. The van der Waals surface area contributed by atoms with E-state index in [2.05, 4.69) is 23.6 Å². The summed E-state index contributed by atoms with van der Waals surface area (Å²) in [4.78, 5) is 5.10. The van der Waals surface area contributed by atoms with Crippen molar-refractivity contribution in [3.8, 4) is 0 Å². The molecule has 1 saturated heterocycles. The first-order valence-corrected chi connectivity index (χ1v) is 7.89. The molecule has 0 aromatic rings. The average molecular weight is 254 g/mol. The van der Waals surface area contributed by atoms with Crippen LogP contribution < -0.4 is 0 Å². The van der Waals surface area contributed by atoms with Crippen LogP contribution in [0.5, 0.6) is 0 Å². The highest BCUT2D eigenvalue weighted by atomic mass is 16.3. The van der Waals surface area contributed by atoms with E-state index in [0.29, 0.717) is 6.04 Å². The third kappa shape index (κ3) is 3.46. The molecule has 2 fully saturated rings. The molecule has 1 aliphatic carbocycles. The summed E-state index contributed by atoms with van der Waals surface area (Å²) in [5, 5.41) is 10.1. The molecule has 3 heteroatoms. The number of aliphatic hydroxyl groups is 1. The van der Waals surface area contributed by atoms with Crippen molar-refractivity contribution in [2.24, 2.45) is 5.92 Å². The number of hydrogen-bond donors (Lipinski definition) is 1. The SMILES string of the molecule is CCN(CC)CC1CCN(C2CCCCC2O)C1. The van der Waals surface area contributed by atoms with E-state index in [1.807, 2.05) is 0 Å². The monoisotopic (exact) mass is 254 g/mol. The summed E-state index contributed by atoms with van der Waals surface area (Å²) in [5.41, 5.74) is 0. The fourth-order valence-corrected chi connectivity index (χ4v) is 3.68. The van der Waals surface area contributed by atoms with Gasteiger partial charge in [0.05, 0.1) is 6.10 Å². The highest BCUT2D eigenvalue weighted by Crippen LogP contribution is 2.28. The van der Waals surface area contributed by atoms with Crippen LogP contribution in [0.1, 0.15) is 46.0 Å². The molecular weight excluding hydrogens is 224 g/mol. The van der Waals surface area contributed by atoms with Crippen LogP contribution in [0.25, 0.3) is 0 Å². The van der Waals surface area contributed by atoms with E-state index >= 15 is 0 Å². The summed E-state index contributed by atoms with van der Waals surface area (Å²) in [7, 11) is 0. The van der Waals surface area contributed by atoms with Crippen molar-refractivity contribution in [2.75, 3.05) is 32.7 Å². The fraction of sp³-hybridized carbons (Fsp3) is 1.00. The molecule has 3 atom stereocenters. The number of likely N-dealkylation sites (tertiary alicyclic amines) is 1. The highest BCUT2D eigenvalue weighted by molar-refractivity contribution is 4.88.